The van der Waals surface area contributed by atoms with Gasteiger partial charge in [-0.1, -0.05) is 33.6 Å². The van der Waals surface area contributed by atoms with Crippen molar-refractivity contribution in [3.63, 3.8) is 0 Å². The van der Waals surface area contributed by atoms with Crippen LogP contribution in [0.4, 0.5) is 0 Å². The van der Waals surface area contributed by atoms with Gasteiger partial charge in [-0.3, -0.25) is 29.0 Å². The summed E-state index contributed by atoms with van der Waals surface area (Å²) in [6.45, 7) is -0.182. The maximum atomic E-state index is 13.7. The number of carbonyl (C=O) groups is 4. The maximum Gasteiger partial charge on any atom is 0.254 e. The zero-order valence-electron chi connectivity index (χ0n) is 19.2. The number of imide groups is 2. The first-order chi connectivity index (χ1) is 17.7. The number of allylic oxidation sites excluding steroid dienone is 2. The molecule has 2 aromatic heterocycles. The Balaban J connectivity index is 1.48. The van der Waals surface area contributed by atoms with Crippen molar-refractivity contribution in [1.82, 2.24) is 9.80 Å². The number of furan rings is 1. The lowest BCUT2D eigenvalue weighted by Gasteiger charge is -2.49. The Bertz CT molecular complexity index is 1360. The number of halogens is 3. The van der Waals surface area contributed by atoms with Crippen LogP contribution in [-0.4, -0.2) is 53.7 Å². The topological polar surface area (TPSA) is 108 Å². The SMILES string of the molecule is O=C1C2CC=C3C(CC4(Cl)C(=O)N(CBr)C(=O)C4(Cl)C3c3ccc(CO)o3)C2C(=O)N1Cc1cccs1. The molecule has 4 amide bonds. The number of thiophene rings is 1. The lowest BCUT2D eigenvalue weighted by Crippen LogP contribution is -2.60. The van der Waals surface area contributed by atoms with E-state index in [1.54, 1.807) is 12.1 Å². The van der Waals surface area contributed by atoms with Crippen molar-refractivity contribution in [2.24, 2.45) is 17.8 Å². The van der Waals surface area contributed by atoms with Gasteiger partial charge in [-0.15, -0.1) is 34.5 Å². The van der Waals surface area contributed by atoms with Crippen LogP contribution in [0.2, 0.25) is 0 Å². The minimum absolute atomic E-state index is 0.0743. The molecule has 37 heavy (non-hydrogen) atoms. The minimum Gasteiger partial charge on any atom is -0.463 e. The van der Waals surface area contributed by atoms with E-state index < -0.39 is 45.2 Å². The smallest absolute Gasteiger partial charge is 0.254 e. The van der Waals surface area contributed by atoms with Crippen molar-refractivity contribution in [3.05, 3.63) is 57.7 Å². The van der Waals surface area contributed by atoms with Gasteiger partial charge in [0.2, 0.25) is 11.8 Å². The first-order valence-electron chi connectivity index (χ1n) is 11.7. The molecular weight excluding hydrogens is 607 g/mol. The molecule has 194 valence electrons. The quantitative estimate of drug-likeness (QED) is 0.234. The molecule has 2 aliphatic carbocycles. The van der Waals surface area contributed by atoms with Gasteiger partial charge in [0.15, 0.2) is 9.75 Å². The molecule has 0 radical (unpaired) electrons. The summed E-state index contributed by atoms with van der Waals surface area (Å²) in [5.74, 6) is -4.25. The summed E-state index contributed by atoms with van der Waals surface area (Å²) >= 11 is 18.9. The molecule has 1 N–H and O–H groups in total. The van der Waals surface area contributed by atoms with Crippen LogP contribution in [-0.2, 0) is 32.3 Å². The first-order valence-corrected chi connectivity index (χ1v) is 14.5. The fraction of sp³-hybridized carbons (Fsp3) is 0.440. The second-order valence-electron chi connectivity index (χ2n) is 9.79. The van der Waals surface area contributed by atoms with Gasteiger partial charge in [-0.25, -0.2) is 0 Å². The van der Waals surface area contributed by atoms with Gasteiger partial charge in [0.25, 0.3) is 11.8 Å². The van der Waals surface area contributed by atoms with Crippen molar-refractivity contribution >= 4 is 74.1 Å². The standard InChI is InChI=1S/C25H21BrCl2N2O6S/c26-11-30-22(34)24(27)8-16-14(19(25(24,28)23(30)35)17-6-3-12(10-31)36-17)4-5-15-18(16)21(33)29(20(15)32)9-13-2-1-7-37-13/h1-4,6-7,15-16,18-19,31H,5,8-11H2. The molecule has 6 rings (SSSR count). The van der Waals surface area contributed by atoms with Crippen molar-refractivity contribution < 1.29 is 28.7 Å². The number of carbonyl (C=O) groups excluding carboxylic acids is 4. The Morgan fingerprint density at radius 2 is 1.86 bits per heavy atom. The fourth-order valence-electron chi connectivity index (χ4n) is 6.48. The van der Waals surface area contributed by atoms with Crippen molar-refractivity contribution in [3.8, 4) is 0 Å². The van der Waals surface area contributed by atoms with Gasteiger partial charge in [-0.2, -0.15) is 0 Å². The predicted octanol–water partition coefficient (Wildman–Crippen LogP) is 3.74. The third-order valence-corrected chi connectivity index (χ3v) is 10.9. The summed E-state index contributed by atoms with van der Waals surface area (Å²) in [7, 11) is 0. The highest BCUT2D eigenvalue weighted by molar-refractivity contribution is 9.09. The molecule has 0 aromatic carbocycles. The van der Waals surface area contributed by atoms with Gasteiger partial charge in [0.05, 0.1) is 29.8 Å². The highest BCUT2D eigenvalue weighted by Crippen LogP contribution is 2.65. The van der Waals surface area contributed by atoms with E-state index in [2.05, 4.69) is 15.9 Å². The number of aliphatic hydroxyl groups excluding tert-OH is 1. The van der Waals surface area contributed by atoms with Crippen molar-refractivity contribution in [2.75, 3.05) is 5.45 Å². The van der Waals surface area contributed by atoms with Crippen LogP contribution >= 0.6 is 50.5 Å². The van der Waals surface area contributed by atoms with Gasteiger partial charge < -0.3 is 9.52 Å². The number of amides is 4. The second kappa shape index (κ2) is 8.77. The number of aliphatic hydroxyl groups is 1. The van der Waals surface area contributed by atoms with Gasteiger partial charge in [0, 0.05) is 4.88 Å². The summed E-state index contributed by atoms with van der Waals surface area (Å²) in [5.41, 5.74) is 0.561. The van der Waals surface area contributed by atoms with Crippen LogP contribution in [0.25, 0.3) is 0 Å². The molecule has 1 saturated carbocycles. The number of fused-ring (bicyclic) bond motifs is 4. The third kappa shape index (κ3) is 3.29. The van der Waals surface area contributed by atoms with Gasteiger partial charge in [-0.05, 0) is 42.3 Å². The molecule has 4 aliphatic rings. The van der Waals surface area contributed by atoms with E-state index in [1.165, 1.54) is 16.2 Å². The largest absolute Gasteiger partial charge is 0.463 e. The molecule has 8 nitrogen and oxygen atoms in total. The number of alkyl halides is 3. The van der Waals surface area contributed by atoms with Crippen LogP contribution in [0.15, 0.2) is 45.7 Å². The van der Waals surface area contributed by atoms with E-state index in [-0.39, 0.29) is 48.4 Å². The van der Waals surface area contributed by atoms with E-state index in [9.17, 15) is 24.3 Å². The summed E-state index contributed by atoms with van der Waals surface area (Å²) in [5, 5.41) is 11.5. The van der Waals surface area contributed by atoms with Crippen LogP contribution in [0.5, 0.6) is 0 Å². The summed E-state index contributed by atoms with van der Waals surface area (Å²) < 4.78 is 5.85. The fourth-order valence-corrected chi connectivity index (χ4v) is 8.58. The summed E-state index contributed by atoms with van der Waals surface area (Å²) in [6, 6.07) is 6.91. The van der Waals surface area contributed by atoms with Crippen molar-refractivity contribution in [2.45, 2.75) is 41.7 Å². The molecule has 6 atom stereocenters. The van der Waals surface area contributed by atoms with E-state index in [0.29, 0.717) is 12.0 Å². The number of hydrogen-bond donors (Lipinski definition) is 1. The lowest BCUT2D eigenvalue weighted by atomic mass is 9.57. The Morgan fingerprint density at radius 3 is 2.51 bits per heavy atom. The van der Waals surface area contributed by atoms with E-state index in [1.807, 2.05) is 23.6 Å². The third-order valence-electron chi connectivity index (χ3n) is 8.12. The zero-order valence-corrected chi connectivity index (χ0v) is 23.1. The molecule has 4 heterocycles. The minimum atomic E-state index is -1.92. The van der Waals surface area contributed by atoms with Crippen molar-refractivity contribution in [1.29, 1.82) is 0 Å². The average molecular weight is 628 g/mol. The maximum absolute atomic E-state index is 13.7. The Kier molecular flexibility index (Phi) is 6.00. The molecule has 2 saturated heterocycles. The van der Waals surface area contributed by atoms with Crippen LogP contribution in [0.3, 0.4) is 0 Å². The molecule has 3 fully saturated rings. The zero-order chi connectivity index (χ0) is 26.3. The molecule has 2 aliphatic heterocycles. The Labute approximate surface area is 234 Å². The van der Waals surface area contributed by atoms with Gasteiger partial charge in [0.1, 0.15) is 18.1 Å². The Hall–Kier alpha value is -1.98. The molecular formula is C25H21BrCl2N2O6S. The first kappa shape index (κ1) is 25.3. The average Bonchev–Trinajstić information content (AvgIpc) is 3.64. The highest BCUT2D eigenvalue weighted by atomic mass is 79.9. The molecule has 0 bridgehead atoms. The molecule has 0 spiro atoms. The summed E-state index contributed by atoms with van der Waals surface area (Å²) in [6.07, 6.45) is 2.07. The normalized spacial score (nSPS) is 35.1. The van der Waals surface area contributed by atoms with Crippen LogP contribution < -0.4 is 0 Å². The Morgan fingerprint density at radius 1 is 1.08 bits per heavy atom. The van der Waals surface area contributed by atoms with Crippen LogP contribution in [0, 0.1) is 17.8 Å². The van der Waals surface area contributed by atoms with E-state index >= 15 is 0 Å². The molecule has 2 aromatic rings. The van der Waals surface area contributed by atoms with Gasteiger partial charge >= 0.3 is 0 Å². The number of nitrogens with zero attached hydrogens (tertiary/aromatic N) is 2. The predicted molar refractivity (Wildman–Crippen MR) is 138 cm³/mol. The number of hydrogen-bond acceptors (Lipinski definition) is 7. The molecule has 12 heteroatoms. The highest BCUT2D eigenvalue weighted by Gasteiger charge is 2.76. The van der Waals surface area contributed by atoms with E-state index in [0.717, 1.165) is 9.78 Å². The number of rotatable bonds is 5. The monoisotopic (exact) mass is 626 g/mol. The lowest BCUT2D eigenvalue weighted by molar-refractivity contribution is -0.141. The van der Waals surface area contributed by atoms with E-state index in [4.69, 9.17) is 27.6 Å². The summed E-state index contributed by atoms with van der Waals surface area (Å²) in [4.78, 5) is 53.7. The molecule has 6 unspecified atom stereocenters. The van der Waals surface area contributed by atoms with Crippen LogP contribution in [0.1, 0.15) is 35.2 Å². The number of likely N-dealkylation sites (tertiary alicyclic amines) is 2. The second-order valence-corrected chi connectivity index (χ2v) is 12.6.